The van der Waals surface area contributed by atoms with Crippen molar-refractivity contribution < 1.29 is 43.0 Å². The quantitative estimate of drug-likeness (QED) is 0.158. The highest BCUT2D eigenvalue weighted by Gasteiger charge is 2.45. The number of ether oxygens (including phenoxy) is 1. The van der Waals surface area contributed by atoms with E-state index >= 15 is 0 Å². The van der Waals surface area contributed by atoms with Crippen molar-refractivity contribution in [3.8, 4) is 0 Å². The number of phosphoric acid groups is 1. The van der Waals surface area contributed by atoms with Crippen LogP contribution in [-0.4, -0.2) is 75.6 Å². The number of imidazole rings is 1. The van der Waals surface area contributed by atoms with Gasteiger partial charge in [-0.2, -0.15) is 0 Å². The molecule has 0 spiro atoms. The van der Waals surface area contributed by atoms with E-state index in [0.29, 0.717) is 5.16 Å². The lowest BCUT2D eigenvalue weighted by Gasteiger charge is -2.19. The van der Waals surface area contributed by atoms with E-state index in [1.807, 2.05) is 0 Å². The molecule has 0 aliphatic carbocycles. The first-order chi connectivity index (χ1) is 13.4. The lowest BCUT2D eigenvalue weighted by molar-refractivity contribution is -0.0486. The SMILES string of the molecule is CSc1nc(N)c2ncn([C@@H]3O[C@H](COP(O)(=S)OP(=O)(O)O)[C@@H](O)C3O)c2n1. The first kappa shape index (κ1) is 22.9. The molecule has 2 aromatic heterocycles. The third kappa shape index (κ3) is 5.12. The molecular formula is C11H17N5O9P2S2. The van der Waals surface area contributed by atoms with Gasteiger partial charge >= 0.3 is 14.5 Å². The minimum absolute atomic E-state index is 0.126. The van der Waals surface area contributed by atoms with Gasteiger partial charge in [-0.05, 0) is 18.1 Å². The number of hydrogen-bond donors (Lipinski definition) is 6. The van der Waals surface area contributed by atoms with Crippen LogP contribution in [0.2, 0.25) is 0 Å². The van der Waals surface area contributed by atoms with Crippen LogP contribution in [0.15, 0.2) is 11.5 Å². The van der Waals surface area contributed by atoms with Crippen LogP contribution in [0.4, 0.5) is 5.82 Å². The van der Waals surface area contributed by atoms with Crippen LogP contribution in [-0.2, 0) is 29.9 Å². The first-order valence-electron chi connectivity index (χ1n) is 7.71. The number of anilines is 1. The topological polar surface area (TPSA) is 216 Å². The van der Waals surface area contributed by atoms with Crippen molar-refractivity contribution in [2.45, 2.75) is 29.7 Å². The predicted molar refractivity (Wildman–Crippen MR) is 103 cm³/mol. The van der Waals surface area contributed by atoms with Gasteiger partial charge in [0.2, 0.25) is 0 Å². The van der Waals surface area contributed by atoms with Gasteiger partial charge in [0, 0.05) is 0 Å². The molecule has 0 aromatic carbocycles. The zero-order valence-electron chi connectivity index (χ0n) is 14.5. The van der Waals surface area contributed by atoms with Crippen LogP contribution in [0, 0.1) is 0 Å². The molecule has 2 unspecified atom stereocenters. The van der Waals surface area contributed by atoms with E-state index < -0.39 is 45.7 Å². The van der Waals surface area contributed by atoms with Crippen LogP contribution >= 0.6 is 26.3 Å². The predicted octanol–water partition coefficient (Wildman–Crippen LogP) is -0.908. The molecular weight excluding hydrogens is 472 g/mol. The minimum atomic E-state index is -5.09. The molecule has 29 heavy (non-hydrogen) atoms. The van der Waals surface area contributed by atoms with E-state index in [1.165, 1.54) is 22.7 Å². The van der Waals surface area contributed by atoms with E-state index in [9.17, 15) is 19.7 Å². The number of nitrogen functional groups attached to an aromatic ring is 1. The van der Waals surface area contributed by atoms with Gasteiger partial charge in [-0.3, -0.25) is 4.57 Å². The Kier molecular flexibility index (Phi) is 6.66. The van der Waals surface area contributed by atoms with Gasteiger partial charge in [-0.15, -0.1) is 0 Å². The Labute approximate surface area is 172 Å². The smallest absolute Gasteiger partial charge is 0.387 e. The molecule has 7 N–H and O–H groups in total. The molecule has 0 saturated carbocycles. The zero-order chi connectivity index (χ0) is 21.6. The molecule has 1 aliphatic rings. The second-order valence-corrected chi connectivity index (χ2v) is 10.8. The molecule has 1 fully saturated rings. The van der Waals surface area contributed by atoms with Gasteiger partial charge < -0.3 is 39.9 Å². The van der Waals surface area contributed by atoms with E-state index in [4.69, 9.17) is 24.8 Å². The van der Waals surface area contributed by atoms with Crippen molar-refractivity contribution in [2.75, 3.05) is 18.6 Å². The van der Waals surface area contributed by atoms with Crippen LogP contribution in [0.5, 0.6) is 0 Å². The molecule has 0 amide bonds. The average molecular weight is 489 g/mol. The van der Waals surface area contributed by atoms with Crippen LogP contribution in [0.1, 0.15) is 6.23 Å². The van der Waals surface area contributed by atoms with Crippen molar-refractivity contribution in [3.05, 3.63) is 6.33 Å². The van der Waals surface area contributed by atoms with Crippen molar-refractivity contribution in [1.29, 1.82) is 0 Å². The summed E-state index contributed by atoms with van der Waals surface area (Å²) in [7, 11) is -5.09. The average Bonchev–Trinajstić information content (AvgIpc) is 3.13. The van der Waals surface area contributed by atoms with E-state index in [1.54, 1.807) is 6.26 Å². The summed E-state index contributed by atoms with van der Waals surface area (Å²) in [6, 6.07) is 0. The van der Waals surface area contributed by atoms with Gasteiger partial charge in [-0.1, -0.05) is 11.8 Å². The Morgan fingerprint density at radius 3 is 2.66 bits per heavy atom. The second kappa shape index (κ2) is 8.42. The summed E-state index contributed by atoms with van der Waals surface area (Å²) in [6.07, 6.45) is -2.24. The molecule has 0 radical (unpaired) electrons. The first-order valence-corrected chi connectivity index (χ1v) is 13.1. The maximum Gasteiger partial charge on any atom is 0.476 e. The van der Waals surface area contributed by atoms with Gasteiger partial charge in [-0.25, -0.2) is 23.8 Å². The summed E-state index contributed by atoms with van der Waals surface area (Å²) in [5.41, 5.74) is 6.39. The molecule has 5 atom stereocenters. The van der Waals surface area contributed by atoms with Crippen LogP contribution in [0.25, 0.3) is 11.2 Å². The monoisotopic (exact) mass is 489 g/mol. The Bertz CT molecular complexity index is 1000. The number of fused-ring (bicyclic) bond motifs is 1. The zero-order valence-corrected chi connectivity index (χ0v) is 18.0. The van der Waals surface area contributed by atoms with Crippen LogP contribution < -0.4 is 5.73 Å². The molecule has 2 aromatic rings. The highest BCUT2D eigenvalue weighted by atomic mass is 32.5. The Morgan fingerprint density at radius 2 is 2.03 bits per heavy atom. The fraction of sp³-hybridized carbons (Fsp3) is 0.545. The largest absolute Gasteiger partial charge is 0.476 e. The normalized spacial score (nSPS) is 27.4. The summed E-state index contributed by atoms with van der Waals surface area (Å²) >= 11 is 5.73. The molecule has 3 rings (SSSR count). The molecule has 1 saturated heterocycles. The number of aromatic nitrogens is 4. The Morgan fingerprint density at radius 1 is 1.34 bits per heavy atom. The number of nitrogens with zero attached hydrogens (tertiary/aromatic N) is 4. The van der Waals surface area contributed by atoms with Crippen LogP contribution in [0.3, 0.4) is 0 Å². The number of rotatable bonds is 7. The number of aliphatic hydroxyl groups is 2. The second-order valence-electron chi connectivity index (χ2n) is 5.80. The summed E-state index contributed by atoms with van der Waals surface area (Å²) in [6.45, 7) is -4.92. The fourth-order valence-corrected chi connectivity index (χ4v) is 5.55. The summed E-state index contributed by atoms with van der Waals surface area (Å²) in [5, 5.41) is 21.0. The van der Waals surface area contributed by atoms with E-state index in [-0.39, 0.29) is 17.0 Å². The van der Waals surface area contributed by atoms with Gasteiger partial charge in [0.15, 0.2) is 22.8 Å². The van der Waals surface area contributed by atoms with Gasteiger partial charge in [0.05, 0.1) is 12.9 Å². The lowest BCUT2D eigenvalue weighted by atomic mass is 10.1. The molecule has 1 aliphatic heterocycles. The lowest BCUT2D eigenvalue weighted by Crippen LogP contribution is -2.33. The molecule has 162 valence electrons. The third-order valence-electron chi connectivity index (χ3n) is 3.83. The van der Waals surface area contributed by atoms with E-state index in [2.05, 4.69) is 31.1 Å². The summed E-state index contributed by atoms with van der Waals surface area (Å²) < 4.78 is 26.6. The van der Waals surface area contributed by atoms with Gasteiger partial charge in [0.1, 0.15) is 23.8 Å². The molecule has 14 nitrogen and oxygen atoms in total. The number of thioether (sulfide) groups is 1. The Balaban J connectivity index is 1.80. The number of hydrogen-bond acceptors (Lipinski definition) is 12. The third-order valence-corrected chi connectivity index (χ3v) is 7.45. The standard InChI is InChI=1S/C11H17N5O9P2S2/c1-29-11-14-8(12)5-9(15-11)16(3-13-5)10-7(18)6(17)4(24-10)2-23-27(22,28)25-26(19,20)21/h3-4,6-7,10,17-18H,2H2,1H3,(H,22,28)(H2,12,14,15)(H2,19,20,21)/t4-,6-,7?,10-,27?/m1/s1. The minimum Gasteiger partial charge on any atom is -0.387 e. The number of aliphatic hydroxyl groups excluding tert-OH is 2. The van der Waals surface area contributed by atoms with Crippen molar-refractivity contribution >= 4 is 55.1 Å². The van der Waals surface area contributed by atoms with Crippen molar-refractivity contribution in [1.82, 2.24) is 19.5 Å². The summed E-state index contributed by atoms with van der Waals surface area (Å²) in [5.74, 6) is 0.126. The molecule has 0 bridgehead atoms. The highest BCUT2D eigenvalue weighted by molar-refractivity contribution is 8.08. The molecule has 18 heteroatoms. The summed E-state index contributed by atoms with van der Waals surface area (Å²) in [4.78, 5) is 39.6. The molecule has 3 heterocycles. The number of nitrogens with two attached hydrogens (primary N) is 1. The van der Waals surface area contributed by atoms with E-state index in [0.717, 1.165) is 0 Å². The highest BCUT2D eigenvalue weighted by Crippen LogP contribution is 2.58. The van der Waals surface area contributed by atoms with Crippen molar-refractivity contribution in [2.24, 2.45) is 0 Å². The van der Waals surface area contributed by atoms with Crippen molar-refractivity contribution in [3.63, 3.8) is 0 Å². The maximum absolute atomic E-state index is 10.8. The Hall–Kier alpha value is -0.740. The van der Waals surface area contributed by atoms with Gasteiger partial charge in [0.25, 0.3) is 0 Å². The fourth-order valence-electron chi connectivity index (χ4n) is 2.62. The maximum atomic E-state index is 10.8.